The van der Waals surface area contributed by atoms with Gasteiger partial charge in [-0.25, -0.2) is 8.42 Å². The molecule has 2 rings (SSSR count). The molecule has 0 unspecified atom stereocenters. The van der Waals surface area contributed by atoms with E-state index in [1.807, 2.05) is 20.8 Å². The quantitative estimate of drug-likeness (QED) is 0.699. The number of aryl methyl sites for hydroxylation is 1. The van der Waals surface area contributed by atoms with E-state index in [0.717, 1.165) is 0 Å². The van der Waals surface area contributed by atoms with Crippen LogP contribution in [-0.4, -0.2) is 19.4 Å². The first-order chi connectivity index (χ1) is 12.6. The first kappa shape index (κ1) is 21.3. The van der Waals surface area contributed by atoms with Crippen LogP contribution in [0.2, 0.25) is 5.02 Å². The lowest BCUT2D eigenvalue weighted by atomic mass is 10.0. The number of aromatic hydroxyl groups is 1. The minimum absolute atomic E-state index is 0.00180. The maximum Gasteiger partial charge on any atom is 0.224 e. The van der Waals surface area contributed by atoms with Crippen molar-refractivity contribution in [3.05, 3.63) is 46.5 Å². The van der Waals surface area contributed by atoms with E-state index in [4.69, 9.17) is 11.6 Å². The highest BCUT2D eigenvalue weighted by atomic mass is 35.5. The lowest BCUT2D eigenvalue weighted by molar-refractivity contribution is -0.116. The molecule has 0 aliphatic heterocycles. The van der Waals surface area contributed by atoms with E-state index in [1.54, 1.807) is 13.0 Å². The molecule has 7 heteroatoms. The van der Waals surface area contributed by atoms with Gasteiger partial charge in [0.2, 0.25) is 15.7 Å². The van der Waals surface area contributed by atoms with Crippen molar-refractivity contribution in [2.45, 2.75) is 56.2 Å². The molecule has 0 spiro atoms. The molecule has 0 heterocycles. The number of amides is 1. The van der Waals surface area contributed by atoms with Crippen LogP contribution < -0.4 is 5.32 Å². The number of phenolic OH excluding ortho intramolecular Hbond substituents is 1. The van der Waals surface area contributed by atoms with E-state index >= 15 is 0 Å². The molecule has 5 nitrogen and oxygen atoms in total. The minimum Gasteiger partial charge on any atom is -0.508 e. The highest BCUT2D eigenvalue weighted by molar-refractivity contribution is 7.91. The van der Waals surface area contributed by atoms with Crippen molar-refractivity contribution >= 4 is 33.0 Å². The van der Waals surface area contributed by atoms with Gasteiger partial charge in [-0.05, 0) is 60.7 Å². The van der Waals surface area contributed by atoms with Gasteiger partial charge < -0.3 is 10.4 Å². The molecule has 0 atom stereocenters. The Balaban J connectivity index is 2.51. The number of phenols is 1. The van der Waals surface area contributed by atoms with Gasteiger partial charge in [0.05, 0.1) is 14.8 Å². The topological polar surface area (TPSA) is 83.5 Å². The van der Waals surface area contributed by atoms with E-state index in [2.05, 4.69) is 5.32 Å². The zero-order chi connectivity index (χ0) is 20.4. The predicted octanol–water partition coefficient (Wildman–Crippen LogP) is 5.05. The van der Waals surface area contributed by atoms with E-state index in [0.29, 0.717) is 29.7 Å². The zero-order valence-corrected chi connectivity index (χ0v) is 17.4. The summed E-state index contributed by atoms with van der Waals surface area (Å²) in [5.41, 5.74) is 1.45. The number of benzene rings is 2. The molecule has 0 aliphatic rings. The Kier molecular flexibility index (Phi) is 6.54. The second-order valence-corrected chi connectivity index (χ2v) is 9.07. The number of nitrogens with one attached hydrogen (secondary N) is 1. The Hall–Kier alpha value is -2.05. The van der Waals surface area contributed by atoms with Gasteiger partial charge in [-0.1, -0.05) is 32.4 Å². The summed E-state index contributed by atoms with van der Waals surface area (Å²) in [5, 5.41) is 12.7. The Morgan fingerprint density at radius 2 is 1.89 bits per heavy atom. The van der Waals surface area contributed by atoms with E-state index in [1.165, 1.54) is 24.3 Å². The summed E-state index contributed by atoms with van der Waals surface area (Å²) in [7, 11) is -3.88. The van der Waals surface area contributed by atoms with Crippen LogP contribution in [0.5, 0.6) is 5.75 Å². The van der Waals surface area contributed by atoms with Crippen molar-refractivity contribution in [1.82, 2.24) is 0 Å². The average molecular weight is 410 g/mol. The van der Waals surface area contributed by atoms with Gasteiger partial charge in [-0.15, -0.1) is 0 Å². The van der Waals surface area contributed by atoms with Gasteiger partial charge in [-0.3, -0.25) is 4.79 Å². The standard InChI is InChI=1S/C20H24ClNO4S/c1-5-6-19(24)22-14-9-13(4)20(17(21)10-14)27(25,26)15-7-8-18(23)16(11-15)12(2)3/h7-12,23H,5-6H2,1-4H3,(H,22,24). The Labute approximate surface area is 165 Å². The van der Waals surface area contributed by atoms with Crippen molar-refractivity contribution in [3.8, 4) is 5.75 Å². The van der Waals surface area contributed by atoms with Gasteiger partial charge in [0.15, 0.2) is 0 Å². The lowest BCUT2D eigenvalue weighted by Gasteiger charge is -2.15. The fraction of sp³-hybridized carbons (Fsp3) is 0.350. The summed E-state index contributed by atoms with van der Waals surface area (Å²) in [4.78, 5) is 11.8. The van der Waals surface area contributed by atoms with E-state index in [9.17, 15) is 18.3 Å². The fourth-order valence-corrected chi connectivity index (χ4v) is 5.01. The van der Waals surface area contributed by atoms with Crippen LogP contribution in [0.1, 0.15) is 50.7 Å². The van der Waals surface area contributed by atoms with Crippen LogP contribution >= 0.6 is 11.6 Å². The third kappa shape index (κ3) is 4.62. The molecule has 2 aromatic rings. The molecule has 0 aromatic heterocycles. The summed E-state index contributed by atoms with van der Waals surface area (Å²) in [6.45, 7) is 7.28. The number of sulfone groups is 1. The van der Waals surface area contributed by atoms with Crippen LogP contribution in [-0.2, 0) is 14.6 Å². The Morgan fingerprint density at radius 1 is 1.22 bits per heavy atom. The van der Waals surface area contributed by atoms with Crippen LogP contribution in [0.4, 0.5) is 5.69 Å². The number of rotatable bonds is 6. The second-order valence-electron chi connectivity index (χ2n) is 6.78. The van der Waals surface area contributed by atoms with Crippen LogP contribution in [0.15, 0.2) is 40.1 Å². The number of anilines is 1. The molecule has 0 saturated heterocycles. The molecule has 2 aromatic carbocycles. The van der Waals surface area contributed by atoms with E-state index in [-0.39, 0.29) is 32.4 Å². The number of carbonyl (C=O) groups is 1. The molecule has 0 bridgehead atoms. The summed E-state index contributed by atoms with van der Waals surface area (Å²) < 4.78 is 26.3. The van der Waals surface area contributed by atoms with Gasteiger partial charge in [0, 0.05) is 12.1 Å². The SMILES string of the molecule is CCCC(=O)Nc1cc(C)c(S(=O)(=O)c2ccc(O)c(C(C)C)c2)c(Cl)c1. The molecule has 0 radical (unpaired) electrons. The molecule has 0 saturated carbocycles. The van der Waals surface area contributed by atoms with Crippen LogP contribution in [0, 0.1) is 6.92 Å². The lowest BCUT2D eigenvalue weighted by Crippen LogP contribution is -2.12. The molecule has 146 valence electrons. The maximum absolute atomic E-state index is 13.1. The normalized spacial score (nSPS) is 11.6. The number of carbonyl (C=O) groups excluding carboxylic acids is 1. The maximum atomic E-state index is 13.1. The fourth-order valence-electron chi connectivity index (χ4n) is 2.87. The first-order valence-corrected chi connectivity index (χ1v) is 10.6. The average Bonchev–Trinajstić information content (AvgIpc) is 2.53. The Bertz CT molecular complexity index is 945. The van der Waals surface area contributed by atoms with Gasteiger partial charge in [0.1, 0.15) is 5.75 Å². The molecule has 1 amide bonds. The van der Waals surface area contributed by atoms with Crippen molar-refractivity contribution in [1.29, 1.82) is 0 Å². The second kappa shape index (κ2) is 8.31. The summed E-state index contributed by atoms with van der Waals surface area (Å²) in [6, 6.07) is 7.25. The Morgan fingerprint density at radius 3 is 2.44 bits per heavy atom. The molecule has 0 fully saturated rings. The highest BCUT2D eigenvalue weighted by Crippen LogP contribution is 2.36. The van der Waals surface area contributed by atoms with E-state index < -0.39 is 9.84 Å². The third-order valence-corrected chi connectivity index (χ3v) is 6.55. The van der Waals surface area contributed by atoms with Gasteiger partial charge >= 0.3 is 0 Å². The zero-order valence-electron chi connectivity index (χ0n) is 15.8. The van der Waals surface area contributed by atoms with Crippen molar-refractivity contribution < 1.29 is 18.3 Å². The monoisotopic (exact) mass is 409 g/mol. The smallest absolute Gasteiger partial charge is 0.224 e. The molecule has 2 N–H and O–H groups in total. The van der Waals surface area contributed by atoms with Crippen LogP contribution in [0.3, 0.4) is 0 Å². The third-order valence-electron chi connectivity index (χ3n) is 4.19. The summed E-state index contributed by atoms with van der Waals surface area (Å²) in [6.07, 6.45) is 1.09. The highest BCUT2D eigenvalue weighted by Gasteiger charge is 2.25. The molecule has 0 aliphatic carbocycles. The number of hydrogen-bond acceptors (Lipinski definition) is 4. The summed E-state index contributed by atoms with van der Waals surface area (Å²) in [5.74, 6) is -0.127. The number of halogens is 1. The van der Waals surface area contributed by atoms with Crippen LogP contribution in [0.25, 0.3) is 0 Å². The number of hydrogen-bond donors (Lipinski definition) is 2. The molecule has 27 heavy (non-hydrogen) atoms. The van der Waals surface area contributed by atoms with Gasteiger partial charge in [-0.2, -0.15) is 0 Å². The van der Waals surface area contributed by atoms with Crippen molar-refractivity contribution in [2.75, 3.05) is 5.32 Å². The van der Waals surface area contributed by atoms with Crippen molar-refractivity contribution in [3.63, 3.8) is 0 Å². The molecular formula is C20H24ClNO4S. The first-order valence-electron chi connectivity index (χ1n) is 8.76. The minimum atomic E-state index is -3.88. The van der Waals surface area contributed by atoms with Crippen molar-refractivity contribution in [2.24, 2.45) is 0 Å². The largest absolute Gasteiger partial charge is 0.508 e. The molecular weight excluding hydrogens is 386 g/mol. The predicted molar refractivity (Wildman–Crippen MR) is 107 cm³/mol. The van der Waals surface area contributed by atoms with Gasteiger partial charge in [0.25, 0.3) is 0 Å². The summed E-state index contributed by atoms with van der Waals surface area (Å²) >= 11 is 6.28.